The maximum atomic E-state index is 13.1. The highest BCUT2D eigenvalue weighted by atomic mass is 16.5. The van der Waals surface area contributed by atoms with Crippen LogP contribution in [-0.4, -0.2) is 31.5 Å². The highest BCUT2D eigenvalue weighted by Gasteiger charge is 2.16. The van der Waals surface area contributed by atoms with Crippen LogP contribution >= 0.6 is 0 Å². The Morgan fingerprint density at radius 1 is 0.500 bits per heavy atom. The second-order valence-corrected chi connectivity index (χ2v) is 12.8. The molecule has 2 N–H and O–H groups in total. The van der Waals surface area contributed by atoms with Crippen LogP contribution < -0.4 is 15.4 Å². The number of ether oxygens (including phenoxy) is 1. The Labute approximate surface area is 272 Å². The molecule has 0 bridgehead atoms. The Bertz CT molecular complexity index is 826. The highest BCUT2D eigenvalue weighted by Crippen LogP contribution is 2.22. The van der Waals surface area contributed by atoms with Crippen LogP contribution in [0.2, 0.25) is 0 Å². The number of amides is 2. The van der Waals surface area contributed by atoms with E-state index >= 15 is 0 Å². The summed E-state index contributed by atoms with van der Waals surface area (Å²) in [6.45, 7) is 8.67. The number of carbonyl (C=O) groups excluding carboxylic acids is 2. The number of rotatable bonds is 31. The topological polar surface area (TPSA) is 67.4 Å². The number of benzene rings is 1. The van der Waals surface area contributed by atoms with Crippen LogP contribution in [0.4, 0.5) is 0 Å². The first-order valence-corrected chi connectivity index (χ1v) is 19.0. The van der Waals surface area contributed by atoms with E-state index in [1.807, 2.05) is 0 Å². The first-order chi connectivity index (χ1) is 21.6. The van der Waals surface area contributed by atoms with E-state index in [-0.39, 0.29) is 11.8 Å². The van der Waals surface area contributed by atoms with Gasteiger partial charge in [0.1, 0.15) is 5.75 Å². The van der Waals surface area contributed by atoms with Gasteiger partial charge in [0.05, 0.1) is 12.2 Å². The van der Waals surface area contributed by atoms with Crippen molar-refractivity contribution in [1.82, 2.24) is 10.6 Å². The van der Waals surface area contributed by atoms with Gasteiger partial charge in [-0.05, 0) is 37.5 Å². The lowest BCUT2D eigenvalue weighted by molar-refractivity contribution is 0.0937. The van der Waals surface area contributed by atoms with Gasteiger partial charge in [-0.3, -0.25) is 9.59 Å². The molecule has 0 aliphatic rings. The molecule has 0 spiro atoms. The molecule has 0 aromatic heterocycles. The van der Waals surface area contributed by atoms with Crippen molar-refractivity contribution >= 4 is 11.8 Å². The molecule has 254 valence electrons. The fourth-order valence-corrected chi connectivity index (χ4v) is 5.68. The SMILES string of the molecule is CCCCCCCCCCCNC(=O)c1ccc(C(=O)NCCCCCCCCCCC)c(OCCCCCCCCC)c1. The Morgan fingerprint density at radius 2 is 0.886 bits per heavy atom. The Balaban J connectivity index is 2.51. The zero-order chi connectivity index (χ0) is 31.9. The molecule has 0 radical (unpaired) electrons. The zero-order valence-corrected chi connectivity index (χ0v) is 29.3. The normalized spacial score (nSPS) is 11.1. The van der Waals surface area contributed by atoms with Gasteiger partial charge in [0.2, 0.25) is 0 Å². The van der Waals surface area contributed by atoms with Gasteiger partial charge < -0.3 is 15.4 Å². The largest absolute Gasteiger partial charge is 0.493 e. The van der Waals surface area contributed by atoms with Gasteiger partial charge in [-0.1, -0.05) is 162 Å². The van der Waals surface area contributed by atoms with Gasteiger partial charge in [0.25, 0.3) is 11.8 Å². The summed E-state index contributed by atoms with van der Waals surface area (Å²) in [4.78, 5) is 26.0. The Hall–Kier alpha value is -2.04. The molecule has 0 heterocycles. The van der Waals surface area contributed by atoms with Crippen LogP contribution in [-0.2, 0) is 0 Å². The van der Waals surface area contributed by atoms with E-state index < -0.39 is 0 Å². The molecular weight excluding hydrogens is 544 g/mol. The first kappa shape index (κ1) is 40.0. The van der Waals surface area contributed by atoms with E-state index in [9.17, 15) is 9.59 Å². The van der Waals surface area contributed by atoms with Crippen molar-refractivity contribution in [2.24, 2.45) is 0 Å². The summed E-state index contributed by atoms with van der Waals surface area (Å²) in [5, 5.41) is 6.16. The Morgan fingerprint density at radius 3 is 1.34 bits per heavy atom. The summed E-state index contributed by atoms with van der Waals surface area (Å²) in [7, 11) is 0. The van der Waals surface area contributed by atoms with Crippen LogP contribution in [0.15, 0.2) is 18.2 Å². The quantitative estimate of drug-likeness (QED) is 0.0818. The van der Waals surface area contributed by atoms with Gasteiger partial charge in [0, 0.05) is 18.7 Å². The lowest BCUT2D eigenvalue weighted by Gasteiger charge is -2.14. The summed E-state index contributed by atoms with van der Waals surface area (Å²) < 4.78 is 6.14. The van der Waals surface area contributed by atoms with Crippen LogP contribution in [0.1, 0.15) is 202 Å². The average Bonchev–Trinajstić information content (AvgIpc) is 3.03. The minimum atomic E-state index is -0.110. The molecule has 0 unspecified atom stereocenters. The second kappa shape index (κ2) is 29.7. The van der Waals surface area contributed by atoms with E-state index in [2.05, 4.69) is 31.4 Å². The lowest BCUT2D eigenvalue weighted by Crippen LogP contribution is -2.26. The maximum absolute atomic E-state index is 13.1. The van der Waals surface area contributed by atoms with Gasteiger partial charge in [-0.15, -0.1) is 0 Å². The standard InChI is InChI=1S/C39H70N2O3/c1-4-7-10-13-16-18-20-23-26-31-40-38(42)35-29-30-36(37(34-35)44-33-28-25-22-15-12-9-6-3)39(43)41-32-27-24-21-19-17-14-11-8-5-2/h29-30,34H,4-28,31-33H2,1-3H3,(H,40,42)(H,41,43). The van der Waals surface area contributed by atoms with E-state index in [4.69, 9.17) is 4.74 Å². The summed E-state index contributed by atoms with van der Waals surface area (Å²) in [5.74, 6) is 0.323. The third kappa shape index (κ3) is 21.6. The lowest BCUT2D eigenvalue weighted by atomic mass is 10.1. The number of hydrogen-bond donors (Lipinski definition) is 2. The molecule has 0 fully saturated rings. The molecule has 0 aliphatic carbocycles. The zero-order valence-electron chi connectivity index (χ0n) is 29.3. The van der Waals surface area contributed by atoms with E-state index in [1.54, 1.807) is 18.2 Å². The molecule has 5 heteroatoms. The number of nitrogens with one attached hydrogen (secondary N) is 2. The van der Waals surface area contributed by atoms with Crippen LogP contribution in [0, 0.1) is 0 Å². The van der Waals surface area contributed by atoms with Crippen molar-refractivity contribution in [2.75, 3.05) is 19.7 Å². The van der Waals surface area contributed by atoms with E-state index in [1.165, 1.54) is 122 Å². The fourth-order valence-electron chi connectivity index (χ4n) is 5.68. The third-order valence-corrected chi connectivity index (χ3v) is 8.63. The van der Waals surface area contributed by atoms with Gasteiger partial charge in [-0.2, -0.15) is 0 Å². The molecule has 5 nitrogen and oxygen atoms in total. The minimum absolute atomic E-state index is 0.0907. The summed E-state index contributed by atoms with van der Waals surface area (Å²) in [6, 6.07) is 5.29. The van der Waals surface area contributed by atoms with Crippen molar-refractivity contribution in [3.8, 4) is 5.75 Å². The number of unbranched alkanes of at least 4 members (excludes halogenated alkanes) is 22. The van der Waals surface area contributed by atoms with Crippen molar-refractivity contribution in [3.05, 3.63) is 29.3 Å². The smallest absolute Gasteiger partial charge is 0.255 e. The average molecular weight is 615 g/mol. The van der Waals surface area contributed by atoms with Crippen LogP contribution in [0.5, 0.6) is 5.75 Å². The van der Waals surface area contributed by atoms with Crippen molar-refractivity contribution in [2.45, 2.75) is 181 Å². The minimum Gasteiger partial charge on any atom is -0.493 e. The predicted octanol–water partition coefficient (Wildman–Crippen LogP) is 11.3. The molecule has 1 aromatic carbocycles. The summed E-state index contributed by atoms with van der Waals surface area (Å²) >= 11 is 0. The first-order valence-electron chi connectivity index (χ1n) is 19.0. The van der Waals surface area contributed by atoms with E-state index in [0.717, 1.165) is 38.5 Å². The van der Waals surface area contributed by atoms with Crippen LogP contribution in [0.25, 0.3) is 0 Å². The molecular formula is C39H70N2O3. The highest BCUT2D eigenvalue weighted by molar-refractivity contribution is 6.00. The maximum Gasteiger partial charge on any atom is 0.255 e. The predicted molar refractivity (Wildman–Crippen MR) is 189 cm³/mol. The molecule has 0 saturated heterocycles. The molecule has 44 heavy (non-hydrogen) atoms. The Kier molecular flexibility index (Phi) is 27.0. The summed E-state index contributed by atoms with van der Waals surface area (Å²) in [5.41, 5.74) is 1.09. The molecule has 0 aliphatic heterocycles. The summed E-state index contributed by atoms with van der Waals surface area (Å²) in [6.07, 6.45) is 31.1. The monoisotopic (exact) mass is 615 g/mol. The van der Waals surface area contributed by atoms with E-state index in [0.29, 0.717) is 36.6 Å². The molecule has 1 rings (SSSR count). The van der Waals surface area contributed by atoms with Gasteiger partial charge in [-0.25, -0.2) is 0 Å². The molecule has 0 saturated carbocycles. The van der Waals surface area contributed by atoms with Crippen molar-refractivity contribution in [1.29, 1.82) is 0 Å². The van der Waals surface area contributed by atoms with Crippen LogP contribution in [0.3, 0.4) is 0 Å². The molecule has 1 aromatic rings. The number of carbonyl (C=O) groups is 2. The second-order valence-electron chi connectivity index (χ2n) is 12.8. The molecule has 0 atom stereocenters. The van der Waals surface area contributed by atoms with Crippen molar-refractivity contribution < 1.29 is 14.3 Å². The van der Waals surface area contributed by atoms with Gasteiger partial charge >= 0.3 is 0 Å². The fraction of sp³-hybridized carbons (Fsp3) is 0.795. The number of hydrogen-bond acceptors (Lipinski definition) is 3. The van der Waals surface area contributed by atoms with Crippen molar-refractivity contribution in [3.63, 3.8) is 0 Å². The molecule has 2 amide bonds. The van der Waals surface area contributed by atoms with Gasteiger partial charge in [0.15, 0.2) is 0 Å². The third-order valence-electron chi connectivity index (χ3n) is 8.63.